The van der Waals surface area contributed by atoms with Crippen molar-refractivity contribution in [2.75, 3.05) is 14.2 Å². The minimum atomic E-state index is -0.601. The first-order valence-electron chi connectivity index (χ1n) is 6.28. The van der Waals surface area contributed by atoms with Crippen molar-refractivity contribution in [1.82, 2.24) is 0 Å². The van der Waals surface area contributed by atoms with E-state index in [2.05, 4.69) is 15.9 Å². The Hall–Kier alpha value is -2.34. The maximum absolute atomic E-state index is 12.2. The Bertz CT molecular complexity index is 712. The molecule has 0 amide bonds. The van der Waals surface area contributed by atoms with Gasteiger partial charge in [0.25, 0.3) is 0 Å². The first kappa shape index (κ1) is 16.0. The minimum Gasteiger partial charge on any atom is -0.496 e. The molecule has 0 unspecified atom stereocenters. The van der Waals surface area contributed by atoms with E-state index in [9.17, 15) is 9.59 Å². The number of ether oxygens (including phenoxy) is 3. The summed E-state index contributed by atoms with van der Waals surface area (Å²) < 4.78 is 16.2. The van der Waals surface area contributed by atoms with Gasteiger partial charge in [0.15, 0.2) is 17.8 Å². The molecular formula is C16H13BrO5. The highest BCUT2D eigenvalue weighted by Gasteiger charge is 2.17. The molecule has 0 spiro atoms. The molecule has 0 bridgehead atoms. The number of methoxy groups -OCH3 is 2. The summed E-state index contributed by atoms with van der Waals surface area (Å²) in [6.07, 6.45) is 0.606. The fourth-order valence-electron chi connectivity index (χ4n) is 1.84. The molecule has 0 aliphatic rings. The first-order chi connectivity index (χ1) is 10.6. The molecular weight excluding hydrogens is 352 g/mol. The fourth-order valence-corrected chi connectivity index (χ4v) is 2.38. The molecule has 0 aliphatic carbocycles. The van der Waals surface area contributed by atoms with Crippen molar-refractivity contribution in [3.63, 3.8) is 0 Å². The van der Waals surface area contributed by atoms with Crippen molar-refractivity contribution < 1.29 is 23.8 Å². The third-order valence-electron chi connectivity index (χ3n) is 2.94. The zero-order valence-corrected chi connectivity index (χ0v) is 13.5. The number of halogens is 1. The summed E-state index contributed by atoms with van der Waals surface area (Å²) in [7, 11) is 2.97. The summed E-state index contributed by atoms with van der Waals surface area (Å²) in [5.74, 6) is 0.404. The van der Waals surface area contributed by atoms with Crippen LogP contribution in [0.3, 0.4) is 0 Å². The molecule has 0 atom stereocenters. The molecule has 0 radical (unpaired) electrons. The number of hydrogen-bond acceptors (Lipinski definition) is 5. The monoisotopic (exact) mass is 364 g/mol. The molecule has 0 fully saturated rings. The van der Waals surface area contributed by atoms with Crippen LogP contribution in [0.1, 0.15) is 20.7 Å². The molecule has 22 heavy (non-hydrogen) atoms. The van der Waals surface area contributed by atoms with Crippen molar-refractivity contribution in [1.29, 1.82) is 0 Å². The number of benzene rings is 2. The third-order valence-corrected chi connectivity index (χ3v) is 3.56. The van der Waals surface area contributed by atoms with Crippen LogP contribution in [0.2, 0.25) is 0 Å². The van der Waals surface area contributed by atoms with E-state index in [1.54, 1.807) is 36.4 Å². The second kappa shape index (κ2) is 7.09. The number of carbonyl (C=O) groups is 2. The minimum absolute atomic E-state index is 0.0944. The van der Waals surface area contributed by atoms with Crippen LogP contribution in [-0.4, -0.2) is 26.5 Å². The van der Waals surface area contributed by atoms with Gasteiger partial charge in [0.1, 0.15) is 5.75 Å². The van der Waals surface area contributed by atoms with Gasteiger partial charge in [-0.15, -0.1) is 0 Å². The number of esters is 1. The standard InChI is InChI=1S/C16H13BrO5/c1-20-13-7-6-10(8-12(13)17)16(19)22-15-11(9-18)4-3-5-14(15)21-2/h3-9H,1-2H3. The van der Waals surface area contributed by atoms with E-state index in [1.165, 1.54) is 14.2 Å². The Labute approximate surface area is 135 Å². The fraction of sp³-hybridized carbons (Fsp3) is 0.125. The van der Waals surface area contributed by atoms with Crippen LogP contribution in [0, 0.1) is 0 Å². The van der Waals surface area contributed by atoms with Crippen molar-refractivity contribution in [3.05, 3.63) is 52.0 Å². The number of hydrogen-bond donors (Lipinski definition) is 0. The van der Waals surface area contributed by atoms with Gasteiger partial charge in [0.2, 0.25) is 0 Å². The Morgan fingerprint density at radius 3 is 2.41 bits per heavy atom. The van der Waals surface area contributed by atoms with E-state index in [0.717, 1.165) is 0 Å². The van der Waals surface area contributed by atoms with E-state index < -0.39 is 5.97 Å². The number of para-hydroxylation sites is 1. The number of aldehydes is 1. The SMILES string of the molecule is COc1ccc(C(=O)Oc2c(C=O)cccc2OC)cc1Br. The highest BCUT2D eigenvalue weighted by molar-refractivity contribution is 9.10. The molecule has 0 aliphatic heterocycles. The van der Waals surface area contributed by atoms with Gasteiger partial charge < -0.3 is 14.2 Å². The van der Waals surface area contributed by atoms with Crippen molar-refractivity contribution in [2.45, 2.75) is 0 Å². The maximum Gasteiger partial charge on any atom is 0.343 e. The van der Waals surface area contributed by atoms with Crippen molar-refractivity contribution in [3.8, 4) is 17.2 Å². The second-order valence-corrected chi connectivity index (χ2v) is 5.09. The summed E-state index contributed by atoms with van der Waals surface area (Å²) >= 11 is 3.30. The smallest absolute Gasteiger partial charge is 0.343 e. The lowest BCUT2D eigenvalue weighted by Gasteiger charge is -2.11. The van der Waals surface area contributed by atoms with Gasteiger partial charge in [-0.25, -0.2) is 4.79 Å². The average Bonchev–Trinajstić information content (AvgIpc) is 2.54. The lowest BCUT2D eigenvalue weighted by Crippen LogP contribution is -2.11. The summed E-state index contributed by atoms with van der Waals surface area (Å²) in [6.45, 7) is 0. The molecule has 2 aromatic rings. The lowest BCUT2D eigenvalue weighted by atomic mass is 10.2. The topological polar surface area (TPSA) is 61.8 Å². The van der Waals surface area contributed by atoms with E-state index in [0.29, 0.717) is 27.8 Å². The largest absolute Gasteiger partial charge is 0.496 e. The molecule has 0 aromatic heterocycles. The van der Waals surface area contributed by atoms with Crippen LogP contribution in [0.4, 0.5) is 0 Å². The van der Waals surface area contributed by atoms with E-state index in [4.69, 9.17) is 14.2 Å². The quantitative estimate of drug-likeness (QED) is 0.461. The Balaban J connectivity index is 2.33. The Morgan fingerprint density at radius 2 is 1.82 bits per heavy atom. The van der Waals surface area contributed by atoms with Gasteiger partial charge >= 0.3 is 5.97 Å². The third kappa shape index (κ3) is 3.28. The summed E-state index contributed by atoms with van der Waals surface area (Å²) in [5.41, 5.74) is 0.552. The van der Waals surface area contributed by atoms with Crippen LogP contribution in [0.5, 0.6) is 17.2 Å². The van der Waals surface area contributed by atoms with Crippen LogP contribution in [0.15, 0.2) is 40.9 Å². The zero-order chi connectivity index (χ0) is 16.1. The molecule has 6 heteroatoms. The molecule has 2 rings (SSSR count). The average molecular weight is 365 g/mol. The van der Waals surface area contributed by atoms with Crippen LogP contribution in [0.25, 0.3) is 0 Å². The predicted molar refractivity (Wildman–Crippen MR) is 84.0 cm³/mol. The number of rotatable bonds is 5. The highest BCUT2D eigenvalue weighted by atomic mass is 79.9. The summed E-state index contributed by atoms with van der Waals surface area (Å²) in [4.78, 5) is 23.3. The van der Waals surface area contributed by atoms with Gasteiger partial charge in [-0.05, 0) is 46.3 Å². The van der Waals surface area contributed by atoms with Crippen molar-refractivity contribution >= 4 is 28.2 Å². The van der Waals surface area contributed by atoms with E-state index >= 15 is 0 Å². The molecule has 2 aromatic carbocycles. The molecule has 5 nitrogen and oxygen atoms in total. The summed E-state index contributed by atoms with van der Waals surface area (Å²) in [6, 6.07) is 9.59. The van der Waals surface area contributed by atoms with Gasteiger partial charge in [0, 0.05) is 0 Å². The Morgan fingerprint density at radius 1 is 1.09 bits per heavy atom. The molecule has 114 valence electrons. The van der Waals surface area contributed by atoms with E-state index in [-0.39, 0.29) is 11.3 Å². The molecule has 0 saturated carbocycles. The van der Waals surface area contributed by atoms with Gasteiger partial charge in [-0.1, -0.05) is 6.07 Å². The normalized spacial score (nSPS) is 9.95. The van der Waals surface area contributed by atoms with Crippen LogP contribution < -0.4 is 14.2 Å². The zero-order valence-electron chi connectivity index (χ0n) is 12.0. The predicted octanol–water partition coefficient (Wildman–Crippen LogP) is 3.50. The van der Waals surface area contributed by atoms with Crippen molar-refractivity contribution in [2.24, 2.45) is 0 Å². The first-order valence-corrected chi connectivity index (χ1v) is 7.08. The van der Waals surface area contributed by atoms with Gasteiger partial charge in [-0.2, -0.15) is 0 Å². The van der Waals surface area contributed by atoms with Crippen LogP contribution >= 0.6 is 15.9 Å². The molecule has 0 N–H and O–H groups in total. The Kier molecular flexibility index (Phi) is 5.16. The molecule has 0 heterocycles. The number of carbonyl (C=O) groups excluding carboxylic acids is 2. The summed E-state index contributed by atoms with van der Waals surface area (Å²) in [5, 5.41) is 0. The van der Waals surface area contributed by atoms with Crippen LogP contribution in [-0.2, 0) is 0 Å². The second-order valence-electron chi connectivity index (χ2n) is 4.24. The maximum atomic E-state index is 12.2. The van der Waals surface area contributed by atoms with Gasteiger partial charge in [0.05, 0.1) is 29.8 Å². The van der Waals surface area contributed by atoms with Gasteiger partial charge in [-0.3, -0.25) is 4.79 Å². The molecule has 0 saturated heterocycles. The highest BCUT2D eigenvalue weighted by Crippen LogP contribution is 2.31. The lowest BCUT2D eigenvalue weighted by molar-refractivity contribution is 0.0728. The van der Waals surface area contributed by atoms with E-state index in [1.807, 2.05) is 0 Å².